The molecule has 0 aliphatic carbocycles. The molecule has 0 aliphatic rings. The summed E-state index contributed by atoms with van der Waals surface area (Å²) in [6.07, 6.45) is 0.314. The van der Waals surface area contributed by atoms with Gasteiger partial charge in [0.15, 0.2) is 6.10 Å². The first-order chi connectivity index (χ1) is 9.46. The summed E-state index contributed by atoms with van der Waals surface area (Å²) in [6.45, 7) is 5.32. The van der Waals surface area contributed by atoms with Crippen LogP contribution in [0.1, 0.15) is 33.6 Å². The van der Waals surface area contributed by atoms with Gasteiger partial charge in [0.1, 0.15) is 10.7 Å². The van der Waals surface area contributed by atoms with Crippen molar-refractivity contribution in [2.24, 2.45) is 0 Å². The summed E-state index contributed by atoms with van der Waals surface area (Å²) in [5, 5.41) is 12.2. The van der Waals surface area contributed by atoms with Crippen LogP contribution in [-0.4, -0.2) is 22.5 Å². The second-order valence-electron chi connectivity index (χ2n) is 4.45. The molecule has 5 nitrogen and oxygen atoms in total. The highest BCUT2D eigenvalue weighted by Gasteiger charge is 2.30. The summed E-state index contributed by atoms with van der Waals surface area (Å²) >= 11 is 5.75. The van der Waals surface area contributed by atoms with Crippen LogP contribution in [0.4, 0.5) is 0 Å². The molecular weight excluding hydrogens is 278 g/mol. The molecule has 0 fully saturated rings. The van der Waals surface area contributed by atoms with Crippen molar-refractivity contribution in [3.8, 4) is 11.9 Å². The van der Waals surface area contributed by atoms with E-state index in [0.717, 1.165) is 0 Å². The van der Waals surface area contributed by atoms with Gasteiger partial charge < -0.3 is 10.1 Å². The first kappa shape index (κ1) is 16.3. The number of nitrogens with zero attached hydrogens (tertiary/aromatic N) is 2. The van der Waals surface area contributed by atoms with E-state index in [-0.39, 0.29) is 11.8 Å². The molecule has 0 saturated heterocycles. The van der Waals surface area contributed by atoms with Gasteiger partial charge in [0.05, 0.1) is 6.07 Å². The van der Waals surface area contributed by atoms with Crippen molar-refractivity contribution < 1.29 is 9.53 Å². The van der Waals surface area contributed by atoms with Crippen molar-refractivity contribution in [3.63, 3.8) is 0 Å². The number of nitrogens with one attached hydrogen (secondary N) is 1. The fourth-order valence-corrected chi connectivity index (χ4v) is 1.80. The van der Waals surface area contributed by atoms with Crippen molar-refractivity contribution in [3.05, 3.63) is 23.4 Å². The minimum absolute atomic E-state index is 0.274. The molecule has 1 unspecified atom stereocenters. The van der Waals surface area contributed by atoms with Crippen molar-refractivity contribution >= 4 is 17.5 Å². The maximum Gasteiger partial charge on any atom is 0.262 e. The van der Waals surface area contributed by atoms with Gasteiger partial charge in [-0.1, -0.05) is 31.5 Å². The molecular formula is C14H18ClN3O2. The van der Waals surface area contributed by atoms with Gasteiger partial charge in [0, 0.05) is 6.07 Å². The van der Waals surface area contributed by atoms with E-state index in [4.69, 9.17) is 16.3 Å². The number of aromatic nitrogens is 1. The second-order valence-corrected chi connectivity index (χ2v) is 4.84. The van der Waals surface area contributed by atoms with E-state index in [2.05, 4.69) is 16.4 Å². The molecule has 0 spiro atoms. The lowest BCUT2D eigenvalue weighted by atomic mass is 9.94. The van der Waals surface area contributed by atoms with Crippen LogP contribution in [0.5, 0.6) is 5.88 Å². The summed E-state index contributed by atoms with van der Waals surface area (Å²) in [5.41, 5.74) is -0.851. The van der Waals surface area contributed by atoms with Crippen LogP contribution >= 0.6 is 11.6 Å². The highest BCUT2D eigenvalue weighted by Crippen LogP contribution is 2.16. The van der Waals surface area contributed by atoms with E-state index in [0.29, 0.717) is 18.0 Å². The Bertz CT molecular complexity index is 509. The van der Waals surface area contributed by atoms with Crippen LogP contribution in [0, 0.1) is 11.3 Å². The number of carbonyl (C=O) groups excluding carboxylic acids is 1. The fourth-order valence-electron chi connectivity index (χ4n) is 1.64. The number of halogens is 1. The molecule has 0 radical (unpaired) electrons. The Labute approximate surface area is 123 Å². The zero-order chi connectivity index (χ0) is 15.2. The van der Waals surface area contributed by atoms with Crippen LogP contribution in [0.2, 0.25) is 5.15 Å². The van der Waals surface area contributed by atoms with E-state index in [1.165, 1.54) is 0 Å². The molecule has 0 bridgehead atoms. The maximum absolute atomic E-state index is 12.1. The lowest BCUT2D eigenvalue weighted by Crippen LogP contribution is -2.50. The topological polar surface area (TPSA) is 75.0 Å². The average molecular weight is 296 g/mol. The number of hydrogen-bond acceptors (Lipinski definition) is 4. The third-order valence-electron chi connectivity index (χ3n) is 3.14. The summed E-state index contributed by atoms with van der Waals surface area (Å²) in [4.78, 5) is 16.0. The number of nitriles is 1. The Morgan fingerprint density at radius 1 is 1.55 bits per heavy atom. The normalized spacial score (nSPS) is 12.3. The molecule has 0 aliphatic heterocycles. The first-order valence-electron chi connectivity index (χ1n) is 6.49. The average Bonchev–Trinajstić information content (AvgIpc) is 2.44. The largest absolute Gasteiger partial charge is 0.464 e. The summed E-state index contributed by atoms with van der Waals surface area (Å²) in [5.74, 6) is -0.0762. The number of rotatable bonds is 6. The van der Waals surface area contributed by atoms with Gasteiger partial charge in [-0.25, -0.2) is 4.98 Å². The van der Waals surface area contributed by atoms with E-state index in [9.17, 15) is 10.1 Å². The molecule has 1 heterocycles. The zero-order valence-corrected chi connectivity index (χ0v) is 12.6. The molecule has 6 heteroatoms. The Morgan fingerprint density at radius 3 is 2.70 bits per heavy atom. The Kier molecular flexibility index (Phi) is 5.78. The van der Waals surface area contributed by atoms with Gasteiger partial charge in [0.25, 0.3) is 5.91 Å². The second kappa shape index (κ2) is 7.11. The highest BCUT2D eigenvalue weighted by atomic mass is 35.5. The minimum atomic E-state index is -0.851. The van der Waals surface area contributed by atoms with Crippen LogP contribution in [-0.2, 0) is 4.79 Å². The van der Waals surface area contributed by atoms with Crippen LogP contribution in [0.15, 0.2) is 18.2 Å². The molecule has 0 saturated carbocycles. The van der Waals surface area contributed by atoms with E-state index < -0.39 is 11.6 Å². The molecule has 1 N–H and O–H groups in total. The number of hydrogen-bond donors (Lipinski definition) is 1. The summed E-state index contributed by atoms with van der Waals surface area (Å²) < 4.78 is 5.42. The van der Waals surface area contributed by atoms with E-state index in [1.807, 2.05) is 13.8 Å². The monoisotopic (exact) mass is 295 g/mol. The summed E-state index contributed by atoms with van der Waals surface area (Å²) in [6, 6.07) is 7.07. The molecule has 1 aromatic heterocycles. The Balaban J connectivity index is 2.71. The van der Waals surface area contributed by atoms with Crippen molar-refractivity contribution in [2.45, 2.75) is 45.3 Å². The van der Waals surface area contributed by atoms with Crippen molar-refractivity contribution in [1.82, 2.24) is 10.3 Å². The molecule has 20 heavy (non-hydrogen) atoms. The lowest BCUT2D eigenvalue weighted by molar-refractivity contribution is -0.128. The van der Waals surface area contributed by atoms with Gasteiger partial charge in [0.2, 0.25) is 5.88 Å². The van der Waals surface area contributed by atoms with Gasteiger partial charge in [-0.15, -0.1) is 0 Å². The summed E-state index contributed by atoms with van der Waals surface area (Å²) in [7, 11) is 0. The molecule has 1 aromatic rings. The number of amides is 1. The number of carbonyl (C=O) groups is 1. The predicted molar refractivity (Wildman–Crippen MR) is 76.4 cm³/mol. The highest BCUT2D eigenvalue weighted by molar-refractivity contribution is 6.29. The molecule has 1 atom stereocenters. The van der Waals surface area contributed by atoms with Crippen LogP contribution < -0.4 is 10.1 Å². The third kappa shape index (κ3) is 4.10. The fraction of sp³-hybridized carbons (Fsp3) is 0.500. The van der Waals surface area contributed by atoms with Gasteiger partial charge in [-0.2, -0.15) is 5.26 Å². The van der Waals surface area contributed by atoms with Crippen molar-refractivity contribution in [2.75, 3.05) is 0 Å². The number of pyridine rings is 1. The van der Waals surface area contributed by atoms with Crippen LogP contribution in [0.3, 0.4) is 0 Å². The quantitative estimate of drug-likeness (QED) is 0.819. The van der Waals surface area contributed by atoms with Crippen LogP contribution in [0.25, 0.3) is 0 Å². The van der Waals surface area contributed by atoms with Gasteiger partial charge in [-0.3, -0.25) is 4.79 Å². The standard InChI is InChI=1S/C14H18ClN3O2/c1-4-14(5-2,9-16)18-13(19)10(3)20-12-8-6-7-11(15)17-12/h6-8,10H,4-5H2,1-3H3,(H,18,19). The van der Waals surface area contributed by atoms with Gasteiger partial charge >= 0.3 is 0 Å². The van der Waals surface area contributed by atoms with E-state index >= 15 is 0 Å². The lowest BCUT2D eigenvalue weighted by Gasteiger charge is -2.26. The third-order valence-corrected chi connectivity index (χ3v) is 3.35. The molecule has 1 amide bonds. The zero-order valence-electron chi connectivity index (χ0n) is 11.8. The Morgan fingerprint density at radius 2 is 2.20 bits per heavy atom. The maximum atomic E-state index is 12.1. The van der Waals surface area contributed by atoms with Crippen molar-refractivity contribution in [1.29, 1.82) is 5.26 Å². The molecule has 1 rings (SSSR count). The Hall–Kier alpha value is -1.80. The minimum Gasteiger partial charge on any atom is -0.464 e. The molecule has 108 valence electrons. The SMILES string of the molecule is CCC(C#N)(CC)NC(=O)C(C)Oc1cccc(Cl)n1. The number of ether oxygens (including phenoxy) is 1. The molecule has 0 aromatic carbocycles. The van der Waals surface area contributed by atoms with E-state index in [1.54, 1.807) is 25.1 Å². The predicted octanol–water partition coefficient (Wildman–Crippen LogP) is 2.70. The first-order valence-corrected chi connectivity index (χ1v) is 6.86. The smallest absolute Gasteiger partial charge is 0.262 e. The van der Waals surface area contributed by atoms with Gasteiger partial charge in [-0.05, 0) is 25.8 Å².